The SMILES string of the molecule is CCOC(=O)C(=O)/C=C(\O)c1cncc(Cl)c1. The molecule has 0 atom stereocenters. The van der Waals surface area contributed by atoms with E-state index >= 15 is 0 Å². The third-order valence-corrected chi connectivity index (χ3v) is 1.95. The molecule has 0 spiro atoms. The molecule has 1 rings (SSSR count). The zero-order chi connectivity index (χ0) is 12.8. The molecule has 0 saturated carbocycles. The summed E-state index contributed by atoms with van der Waals surface area (Å²) in [6.07, 6.45) is 3.47. The van der Waals surface area contributed by atoms with Crippen LogP contribution >= 0.6 is 11.6 Å². The molecule has 0 aliphatic carbocycles. The minimum Gasteiger partial charge on any atom is -0.507 e. The highest BCUT2D eigenvalue weighted by molar-refractivity contribution is 6.39. The summed E-state index contributed by atoms with van der Waals surface area (Å²) in [5.41, 5.74) is 0.246. The van der Waals surface area contributed by atoms with Gasteiger partial charge < -0.3 is 9.84 Å². The fourth-order valence-corrected chi connectivity index (χ4v) is 1.19. The second kappa shape index (κ2) is 6.00. The number of aliphatic hydroxyl groups excluding tert-OH is 1. The van der Waals surface area contributed by atoms with Crippen LogP contribution < -0.4 is 0 Å². The standard InChI is InChI=1S/C11H10ClNO4/c1-2-17-11(16)10(15)4-9(14)7-3-8(12)6-13-5-7/h3-6,14H,2H2,1H3/b9-4-. The van der Waals surface area contributed by atoms with Crippen LogP contribution in [0.4, 0.5) is 0 Å². The van der Waals surface area contributed by atoms with Crippen LogP contribution in [0, 0.1) is 0 Å². The minimum atomic E-state index is -1.02. The van der Waals surface area contributed by atoms with E-state index in [0.29, 0.717) is 5.02 Å². The van der Waals surface area contributed by atoms with E-state index in [1.807, 2.05) is 0 Å². The summed E-state index contributed by atoms with van der Waals surface area (Å²) in [4.78, 5) is 26.0. The van der Waals surface area contributed by atoms with E-state index in [4.69, 9.17) is 11.6 Å². The second-order valence-corrected chi connectivity index (χ2v) is 3.44. The fraction of sp³-hybridized carbons (Fsp3) is 0.182. The van der Waals surface area contributed by atoms with Crippen LogP contribution in [0.2, 0.25) is 5.02 Å². The van der Waals surface area contributed by atoms with Gasteiger partial charge in [0.05, 0.1) is 11.6 Å². The lowest BCUT2D eigenvalue weighted by molar-refractivity contribution is -0.151. The van der Waals surface area contributed by atoms with Gasteiger partial charge in [0.1, 0.15) is 5.76 Å². The van der Waals surface area contributed by atoms with Crippen LogP contribution in [0.1, 0.15) is 12.5 Å². The van der Waals surface area contributed by atoms with Gasteiger partial charge in [-0.15, -0.1) is 0 Å². The van der Waals surface area contributed by atoms with Gasteiger partial charge in [0.15, 0.2) is 0 Å². The quantitative estimate of drug-likeness (QED) is 0.384. The van der Waals surface area contributed by atoms with Crippen molar-refractivity contribution in [3.05, 3.63) is 35.1 Å². The number of ketones is 1. The summed E-state index contributed by atoms with van der Waals surface area (Å²) in [6.45, 7) is 1.67. The lowest BCUT2D eigenvalue weighted by atomic mass is 10.2. The van der Waals surface area contributed by atoms with Gasteiger partial charge in [-0.3, -0.25) is 9.78 Å². The van der Waals surface area contributed by atoms with Gasteiger partial charge in [-0.05, 0) is 13.0 Å². The number of nitrogens with zero attached hydrogens (tertiary/aromatic N) is 1. The maximum absolute atomic E-state index is 11.2. The highest BCUT2D eigenvalue weighted by Crippen LogP contribution is 2.15. The van der Waals surface area contributed by atoms with Crippen molar-refractivity contribution < 1.29 is 19.4 Å². The average Bonchev–Trinajstić information content (AvgIpc) is 2.29. The molecule has 6 heteroatoms. The average molecular weight is 256 g/mol. The van der Waals surface area contributed by atoms with Crippen LogP contribution in [0.3, 0.4) is 0 Å². The van der Waals surface area contributed by atoms with Crippen molar-refractivity contribution in [1.82, 2.24) is 4.98 Å². The summed E-state index contributed by atoms with van der Waals surface area (Å²) in [5.74, 6) is -2.35. The molecule has 0 bridgehead atoms. The third-order valence-electron chi connectivity index (χ3n) is 1.75. The molecule has 0 aliphatic rings. The van der Waals surface area contributed by atoms with Crippen LogP contribution in [0.25, 0.3) is 5.76 Å². The molecule has 17 heavy (non-hydrogen) atoms. The van der Waals surface area contributed by atoms with E-state index < -0.39 is 17.5 Å². The minimum absolute atomic E-state index is 0.0951. The Balaban J connectivity index is 2.86. The molecule has 1 N–H and O–H groups in total. The van der Waals surface area contributed by atoms with Crippen molar-refractivity contribution in [3.8, 4) is 0 Å². The number of esters is 1. The summed E-state index contributed by atoms with van der Waals surface area (Å²) >= 11 is 5.66. The first-order chi connectivity index (χ1) is 8.04. The van der Waals surface area contributed by atoms with E-state index in [0.717, 1.165) is 6.08 Å². The lowest BCUT2D eigenvalue weighted by Crippen LogP contribution is -2.15. The highest BCUT2D eigenvalue weighted by Gasteiger charge is 2.13. The van der Waals surface area contributed by atoms with Gasteiger partial charge in [0, 0.05) is 24.0 Å². The normalized spacial score (nSPS) is 11.1. The van der Waals surface area contributed by atoms with E-state index in [2.05, 4.69) is 9.72 Å². The summed E-state index contributed by atoms with van der Waals surface area (Å²) in [5, 5.41) is 9.88. The van der Waals surface area contributed by atoms with Crippen LogP contribution in [-0.2, 0) is 14.3 Å². The Kier molecular flexibility index (Phi) is 4.66. The molecule has 0 aromatic carbocycles. The largest absolute Gasteiger partial charge is 0.507 e. The molecule has 1 aromatic rings. The lowest BCUT2D eigenvalue weighted by Gasteiger charge is -2.00. The number of ether oxygens (including phenoxy) is 1. The molecule has 1 aromatic heterocycles. The van der Waals surface area contributed by atoms with Crippen molar-refractivity contribution in [2.45, 2.75) is 6.92 Å². The fourth-order valence-electron chi connectivity index (χ4n) is 1.02. The maximum atomic E-state index is 11.2. The van der Waals surface area contributed by atoms with Gasteiger partial charge in [0.2, 0.25) is 0 Å². The molecule has 0 aliphatic heterocycles. The molecule has 0 amide bonds. The molecule has 0 fully saturated rings. The summed E-state index contributed by atoms with van der Waals surface area (Å²) in [6, 6.07) is 1.42. The first-order valence-corrected chi connectivity index (χ1v) is 5.15. The number of hydrogen-bond donors (Lipinski definition) is 1. The Morgan fingerprint density at radius 2 is 2.24 bits per heavy atom. The zero-order valence-corrected chi connectivity index (χ0v) is 9.77. The molecular weight excluding hydrogens is 246 g/mol. The number of aliphatic hydroxyl groups is 1. The van der Waals surface area contributed by atoms with Gasteiger partial charge >= 0.3 is 5.97 Å². The van der Waals surface area contributed by atoms with E-state index in [9.17, 15) is 14.7 Å². The second-order valence-electron chi connectivity index (χ2n) is 3.01. The van der Waals surface area contributed by atoms with Crippen molar-refractivity contribution in [1.29, 1.82) is 0 Å². The predicted molar refractivity (Wildman–Crippen MR) is 61.5 cm³/mol. The topological polar surface area (TPSA) is 76.5 Å². The van der Waals surface area contributed by atoms with Crippen LogP contribution in [0.15, 0.2) is 24.5 Å². The number of carbonyl (C=O) groups excluding carboxylic acids is 2. The highest BCUT2D eigenvalue weighted by atomic mass is 35.5. The zero-order valence-electron chi connectivity index (χ0n) is 9.01. The monoisotopic (exact) mass is 255 g/mol. The first kappa shape index (κ1) is 13.2. The van der Waals surface area contributed by atoms with Gasteiger partial charge in [-0.2, -0.15) is 0 Å². The molecule has 0 saturated heterocycles. The Morgan fingerprint density at radius 1 is 1.53 bits per heavy atom. The predicted octanol–water partition coefficient (Wildman–Crippen LogP) is 1.77. The van der Waals surface area contributed by atoms with E-state index in [-0.39, 0.29) is 12.2 Å². The van der Waals surface area contributed by atoms with Crippen molar-refractivity contribution in [2.24, 2.45) is 0 Å². The molecule has 0 radical (unpaired) electrons. The number of aromatic nitrogens is 1. The number of carbonyl (C=O) groups is 2. The maximum Gasteiger partial charge on any atom is 0.379 e. The van der Waals surface area contributed by atoms with Gasteiger partial charge in [-0.1, -0.05) is 11.6 Å². The number of hydrogen-bond acceptors (Lipinski definition) is 5. The molecule has 90 valence electrons. The molecule has 0 unspecified atom stereocenters. The van der Waals surface area contributed by atoms with E-state index in [1.165, 1.54) is 18.5 Å². The summed E-state index contributed by atoms with van der Waals surface area (Å²) < 4.78 is 4.48. The molecule has 5 nitrogen and oxygen atoms in total. The summed E-state index contributed by atoms with van der Waals surface area (Å²) in [7, 11) is 0. The van der Waals surface area contributed by atoms with E-state index in [1.54, 1.807) is 6.92 Å². The Bertz CT molecular complexity index is 470. The Labute approximate surface area is 103 Å². The molecular formula is C11H10ClNO4. The number of pyridine rings is 1. The van der Waals surface area contributed by atoms with Crippen molar-refractivity contribution in [2.75, 3.05) is 6.61 Å². The van der Waals surface area contributed by atoms with Crippen molar-refractivity contribution in [3.63, 3.8) is 0 Å². The number of halogens is 1. The first-order valence-electron chi connectivity index (χ1n) is 4.77. The Morgan fingerprint density at radius 3 is 2.82 bits per heavy atom. The van der Waals surface area contributed by atoms with Crippen LogP contribution in [-0.4, -0.2) is 28.4 Å². The molecule has 1 heterocycles. The van der Waals surface area contributed by atoms with Crippen molar-refractivity contribution >= 4 is 29.1 Å². The smallest absolute Gasteiger partial charge is 0.379 e. The van der Waals surface area contributed by atoms with Crippen LogP contribution in [0.5, 0.6) is 0 Å². The van der Waals surface area contributed by atoms with Gasteiger partial charge in [-0.25, -0.2) is 4.79 Å². The van der Waals surface area contributed by atoms with Gasteiger partial charge in [0.25, 0.3) is 5.78 Å². The third kappa shape index (κ3) is 3.88. The number of rotatable bonds is 4. The Hall–Kier alpha value is -1.88.